The van der Waals surface area contributed by atoms with Crippen LogP contribution in [0.2, 0.25) is 0 Å². The van der Waals surface area contributed by atoms with Gasteiger partial charge in [0.25, 0.3) is 8.38 Å². The topological polar surface area (TPSA) is 18.5 Å². The van der Waals surface area contributed by atoms with Gasteiger partial charge in [0.05, 0.1) is 5.16 Å². The largest absolute Gasteiger partial charge is 0.438 e. The second kappa shape index (κ2) is 7.85. The molecule has 0 heterocycles. The summed E-state index contributed by atoms with van der Waals surface area (Å²) in [5.74, 6) is 1.71. The van der Waals surface area contributed by atoms with Gasteiger partial charge in [-0.05, 0) is 58.9 Å². The zero-order chi connectivity index (χ0) is 15.5. The van der Waals surface area contributed by atoms with E-state index in [0.717, 1.165) is 11.5 Å². The Hall–Kier alpha value is -1.24. The normalized spacial score (nSPS) is 11.0. The Labute approximate surface area is 141 Å². The van der Waals surface area contributed by atoms with Crippen LogP contribution in [-0.2, 0) is 0 Å². The van der Waals surface area contributed by atoms with Gasteiger partial charge in [0.15, 0.2) is 0 Å². The van der Waals surface area contributed by atoms with Gasteiger partial charge in [0.1, 0.15) is 11.5 Å². The number of hydrogen-bond acceptors (Lipinski definition) is 2. The SMILES string of the molecule is Cc1ccc(OP(Oc2ccc(C)cc2)C(C)(C)C)cc1.Cl. The highest BCUT2D eigenvalue weighted by Crippen LogP contribution is 2.51. The molecule has 0 saturated heterocycles. The molecule has 0 fully saturated rings. The maximum absolute atomic E-state index is 6.11. The molecule has 0 bridgehead atoms. The van der Waals surface area contributed by atoms with E-state index in [-0.39, 0.29) is 17.6 Å². The van der Waals surface area contributed by atoms with Crippen molar-refractivity contribution in [3.63, 3.8) is 0 Å². The lowest BCUT2D eigenvalue weighted by Gasteiger charge is -2.29. The summed E-state index contributed by atoms with van der Waals surface area (Å²) in [6.07, 6.45) is 0. The van der Waals surface area contributed by atoms with Crippen molar-refractivity contribution in [1.29, 1.82) is 0 Å². The highest BCUT2D eigenvalue weighted by atomic mass is 35.5. The molecule has 2 rings (SSSR count). The molecule has 2 aromatic rings. The Morgan fingerprint density at radius 1 is 0.682 bits per heavy atom. The van der Waals surface area contributed by atoms with E-state index in [0.29, 0.717) is 0 Å². The molecule has 0 aliphatic rings. The van der Waals surface area contributed by atoms with E-state index < -0.39 is 8.38 Å². The molecule has 0 spiro atoms. The first-order chi connectivity index (χ1) is 9.84. The molecule has 2 aromatic carbocycles. The molecular weight excluding hydrogens is 315 g/mol. The molecule has 0 aromatic heterocycles. The molecule has 0 aliphatic heterocycles. The Morgan fingerprint density at radius 2 is 1.00 bits per heavy atom. The van der Waals surface area contributed by atoms with Crippen molar-refractivity contribution in [1.82, 2.24) is 0 Å². The maximum Gasteiger partial charge on any atom is 0.296 e. The van der Waals surface area contributed by atoms with Crippen LogP contribution >= 0.6 is 20.8 Å². The van der Waals surface area contributed by atoms with Gasteiger partial charge in [-0.25, -0.2) is 0 Å². The summed E-state index contributed by atoms with van der Waals surface area (Å²) >= 11 is 0. The third-order valence-corrected chi connectivity index (χ3v) is 4.82. The summed E-state index contributed by atoms with van der Waals surface area (Å²) in [6.45, 7) is 10.6. The minimum absolute atomic E-state index is 0. The van der Waals surface area contributed by atoms with Crippen LogP contribution in [0.15, 0.2) is 48.5 Å². The quantitative estimate of drug-likeness (QED) is 0.609. The maximum atomic E-state index is 6.11. The fraction of sp³-hybridized carbons (Fsp3) is 0.333. The highest BCUT2D eigenvalue weighted by Gasteiger charge is 2.31. The number of rotatable bonds is 4. The van der Waals surface area contributed by atoms with Crippen LogP contribution in [0.5, 0.6) is 11.5 Å². The first-order valence-electron chi connectivity index (χ1n) is 7.14. The molecule has 0 radical (unpaired) electrons. The van der Waals surface area contributed by atoms with Gasteiger partial charge in [-0.3, -0.25) is 0 Å². The second-order valence-corrected chi connectivity index (χ2v) is 8.46. The standard InChI is InChI=1S/C18H23O2P.ClH/c1-14-6-10-16(11-7-14)19-21(18(3,4)5)20-17-12-8-15(2)9-13-17;/h6-13H,1-5H3;1H. The molecule has 2 nitrogen and oxygen atoms in total. The van der Waals surface area contributed by atoms with Crippen LogP contribution in [0.1, 0.15) is 31.9 Å². The van der Waals surface area contributed by atoms with E-state index in [1.165, 1.54) is 11.1 Å². The average Bonchev–Trinajstić information content (AvgIpc) is 2.42. The fourth-order valence-electron chi connectivity index (χ4n) is 1.68. The number of hydrogen-bond donors (Lipinski definition) is 0. The molecule has 22 heavy (non-hydrogen) atoms. The Morgan fingerprint density at radius 3 is 1.27 bits per heavy atom. The zero-order valence-electron chi connectivity index (χ0n) is 13.8. The fourth-order valence-corrected chi connectivity index (χ4v) is 2.89. The third-order valence-electron chi connectivity index (χ3n) is 2.97. The summed E-state index contributed by atoms with van der Waals surface area (Å²) in [5, 5.41) is -0.0644. The predicted octanol–water partition coefficient (Wildman–Crippen LogP) is 6.29. The van der Waals surface area contributed by atoms with E-state index >= 15 is 0 Å². The van der Waals surface area contributed by atoms with Gasteiger partial charge >= 0.3 is 0 Å². The van der Waals surface area contributed by atoms with Crippen molar-refractivity contribution in [2.75, 3.05) is 0 Å². The molecular formula is C18H24ClO2P. The lowest BCUT2D eigenvalue weighted by atomic mass is 10.2. The van der Waals surface area contributed by atoms with Crippen molar-refractivity contribution < 1.29 is 9.05 Å². The molecule has 120 valence electrons. The zero-order valence-corrected chi connectivity index (χ0v) is 15.5. The van der Waals surface area contributed by atoms with Gasteiger partial charge in [-0.1, -0.05) is 35.4 Å². The Balaban J connectivity index is 0.00000242. The van der Waals surface area contributed by atoms with Crippen LogP contribution < -0.4 is 9.05 Å². The lowest BCUT2D eigenvalue weighted by Crippen LogP contribution is -2.18. The third kappa shape index (κ3) is 5.51. The number of aryl methyl sites for hydroxylation is 2. The van der Waals surface area contributed by atoms with Gasteiger partial charge in [0, 0.05) is 0 Å². The van der Waals surface area contributed by atoms with Crippen LogP contribution in [0.4, 0.5) is 0 Å². The summed E-state index contributed by atoms with van der Waals surface area (Å²) in [6, 6.07) is 16.2. The molecule has 0 aliphatic carbocycles. The smallest absolute Gasteiger partial charge is 0.296 e. The van der Waals surface area contributed by atoms with Gasteiger partial charge in [-0.15, -0.1) is 12.4 Å². The van der Waals surface area contributed by atoms with Crippen molar-refractivity contribution in [3.05, 3.63) is 59.7 Å². The minimum atomic E-state index is -1.07. The van der Waals surface area contributed by atoms with Crippen molar-refractivity contribution in [2.24, 2.45) is 0 Å². The van der Waals surface area contributed by atoms with Crippen molar-refractivity contribution >= 4 is 20.8 Å². The predicted molar refractivity (Wildman–Crippen MR) is 97.5 cm³/mol. The molecule has 0 saturated carbocycles. The molecule has 0 atom stereocenters. The number of halogens is 1. The van der Waals surface area contributed by atoms with Gasteiger partial charge in [-0.2, -0.15) is 0 Å². The van der Waals surface area contributed by atoms with Crippen LogP contribution in [0, 0.1) is 13.8 Å². The van der Waals surface area contributed by atoms with Crippen molar-refractivity contribution in [2.45, 2.75) is 39.8 Å². The van der Waals surface area contributed by atoms with E-state index in [4.69, 9.17) is 9.05 Å². The average molecular weight is 339 g/mol. The van der Waals surface area contributed by atoms with Crippen LogP contribution in [0.3, 0.4) is 0 Å². The Bertz CT molecular complexity index is 526. The van der Waals surface area contributed by atoms with E-state index in [1.54, 1.807) is 0 Å². The Kier molecular flexibility index (Phi) is 6.71. The minimum Gasteiger partial charge on any atom is -0.438 e. The van der Waals surface area contributed by atoms with E-state index in [2.05, 4.69) is 58.9 Å². The first kappa shape index (κ1) is 18.8. The van der Waals surface area contributed by atoms with E-state index in [1.807, 2.05) is 24.3 Å². The van der Waals surface area contributed by atoms with Crippen LogP contribution in [-0.4, -0.2) is 5.16 Å². The second-order valence-electron chi connectivity index (χ2n) is 6.24. The molecule has 0 amide bonds. The highest BCUT2D eigenvalue weighted by molar-refractivity contribution is 7.49. The number of benzene rings is 2. The summed E-state index contributed by atoms with van der Waals surface area (Å²) in [5.41, 5.74) is 2.45. The van der Waals surface area contributed by atoms with E-state index in [9.17, 15) is 0 Å². The molecule has 4 heteroatoms. The molecule has 0 unspecified atom stereocenters. The first-order valence-corrected chi connectivity index (χ1v) is 8.32. The lowest BCUT2D eigenvalue weighted by molar-refractivity contribution is 0.455. The summed E-state index contributed by atoms with van der Waals surface area (Å²) in [7, 11) is -1.07. The van der Waals surface area contributed by atoms with Crippen molar-refractivity contribution in [3.8, 4) is 11.5 Å². The summed E-state index contributed by atoms with van der Waals surface area (Å²) in [4.78, 5) is 0. The van der Waals surface area contributed by atoms with Gasteiger partial charge in [0.2, 0.25) is 0 Å². The van der Waals surface area contributed by atoms with Crippen LogP contribution in [0.25, 0.3) is 0 Å². The van der Waals surface area contributed by atoms with Gasteiger partial charge < -0.3 is 9.05 Å². The monoisotopic (exact) mass is 338 g/mol. The summed E-state index contributed by atoms with van der Waals surface area (Å²) < 4.78 is 12.2. The molecule has 0 N–H and O–H groups in total.